The first kappa shape index (κ1) is 11.1. The molecule has 4 nitrogen and oxygen atoms in total. The number of carboxylic acid groups (broad SMARTS) is 1. The quantitative estimate of drug-likeness (QED) is 0.680. The molecule has 7 heteroatoms. The van der Waals surface area contributed by atoms with Gasteiger partial charge in [-0.25, -0.2) is 4.79 Å². The molecule has 0 saturated carbocycles. The molecule has 1 saturated heterocycles. The Labute approximate surface area is 77.9 Å². The average Bonchev–Trinajstić information content (AvgIpc) is 2.45. The van der Waals surface area contributed by atoms with E-state index in [2.05, 4.69) is 0 Å². The number of rotatable bonds is 1. The molecule has 1 heterocycles. The largest absolute Gasteiger partial charge is 0.465 e. The van der Waals surface area contributed by atoms with Gasteiger partial charge in [-0.05, 0) is 6.42 Å². The fourth-order valence-corrected chi connectivity index (χ4v) is 1.56. The van der Waals surface area contributed by atoms with Gasteiger partial charge in [0.2, 0.25) is 0 Å². The minimum Gasteiger partial charge on any atom is -0.465 e. The molecule has 1 aliphatic heterocycles. The van der Waals surface area contributed by atoms with E-state index in [1.54, 1.807) is 0 Å². The van der Waals surface area contributed by atoms with Crippen molar-refractivity contribution in [2.24, 2.45) is 5.92 Å². The summed E-state index contributed by atoms with van der Waals surface area (Å²) in [6, 6.07) is -0.931. The van der Waals surface area contributed by atoms with Gasteiger partial charge in [0.25, 0.3) is 0 Å². The van der Waals surface area contributed by atoms with Crippen LogP contribution >= 0.6 is 0 Å². The Hall–Kier alpha value is -0.980. The van der Waals surface area contributed by atoms with Crippen molar-refractivity contribution in [1.29, 1.82) is 0 Å². The first-order valence-corrected chi connectivity index (χ1v) is 4.03. The summed E-state index contributed by atoms with van der Waals surface area (Å²) >= 11 is 0. The van der Waals surface area contributed by atoms with Gasteiger partial charge in [-0.15, -0.1) is 0 Å². The predicted molar refractivity (Wildman–Crippen MR) is 39.8 cm³/mol. The zero-order chi connectivity index (χ0) is 10.9. The molecule has 0 radical (unpaired) electrons. The number of halogens is 3. The molecule has 14 heavy (non-hydrogen) atoms. The molecule has 1 fully saturated rings. The Kier molecular flexibility index (Phi) is 2.89. The number of hydrogen-bond acceptors (Lipinski definition) is 2. The van der Waals surface area contributed by atoms with Gasteiger partial charge >= 0.3 is 12.3 Å². The molecule has 2 atom stereocenters. The van der Waals surface area contributed by atoms with E-state index in [9.17, 15) is 18.0 Å². The Balaban J connectivity index is 2.70. The van der Waals surface area contributed by atoms with E-state index in [0.717, 1.165) is 0 Å². The average molecular weight is 213 g/mol. The van der Waals surface area contributed by atoms with Crippen molar-refractivity contribution < 1.29 is 28.2 Å². The maximum Gasteiger partial charge on any atom is 0.407 e. The van der Waals surface area contributed by atoms with Crippen molar-refractivity contribution in [3.8, 4) is 0 Å². The van der Waals surface area contributed by atoms with Crippen LogP contribution < -0.4 is 0 Å². The highest BCUT2D eigenvalue weighted by Crippen LogP contribution is 2.36. The highest BCUT2D eigenvalue weighted by atomic mass is 19.4. The fraction of sp³-hybridized carbons (Fsp3) is 0.857. The lowest BCUT2D eigenvalue weighted by Gasteiger charge is -2.18. The number of nitrogens with zero attached hydrogens (tertiary/aromatic N) is 1. The van der Waals surface area contributed by atoms with Gasteiger partial charge in [0.15, 0.2) is 0 Å². The van der Waals surface area contributed by atoms with Gasteiger partial charge in [0.05, 0.1) is 18.6 Å². The Bertz CT molecular complexity index is 231. The van der Waals surface area contributed by atoms with Crippen LogP contribution in [0.2, 0.25) is 0 Å². The third-order valence-corrected chi connectivity index (χ3v) is 2.33. The lowest BCUT2D eigenvalue weighted by atomic mass is 10.1. The number of likely N-dealkylation sites (tertiary alicyclic amines) is 1. The summed E-state index contributed by atoms with van der Waals surface area (Å²) in [5, 5.41) is 17.2. The molecule has 82 valence electrons. The first-order chi connectivity index (χ1) is 6.36. The smallest absolute Gasteiger partial charge is 0.407 e. The molecule has 0 aliphatic carbocycles. The minimum atomic E-state index is -4.39. The first-order valence-electron chi connectivity index (χ1n) is 4.03. The van der Waals surface area contributed by atoms with Crippen LogP contribution in [-0.2, 0) is 0 Å². The van der Waals surface area contributed by atoms with Crippen LogP contribution in [0.4, 0.5) is 18.0 Å². The number of amides is 1. The number of alkyl halides is 3. The van der Waals surface area contributed by atoms with Gasteiger partial charge in [-0.1, -0.05) is 0 Å². The predicted octanol–water partition coefficient (Wildman–Crippen LogP) is 0.910. The highest BCUT2D eigenvalue weighted by molar-refractivity contribution is 5.65. The Morgan fingerprint density at radius 1 is 1.50 bits per heavy atom. The second-order valence-electron chi connectivity index (χ2n) is 3.25. The van der Waals surface area contributed by atoms with Crippen LogP contribution in [0.25, 0.3) is 0 Å². The molecule has 2 N–H and O–H groups in total. The van der Waals surface area contributed by atoms with E-state index in [4.69, 9.17) is 10.2 Å². The van der Waals surface area contributed by atoms with Gasteiger partial charge in [0.1, 0.15) is 0 Å². The lowest BCUT2D eigenvalue weighted by Crippen LogP contribution is -2.37. The summed E-state index contributed by atoms with van der Waals surface area (Å²) in [5.41, 5.74) is 0. The van der Waals surface area contributed by atoms with Gasteiger partial charge in [-0.3, -0.25) is 0 Å². The van der Waals surface area contributed by atoms with E-state index in [1.807, 2.05) is 0 Å². The number of aliphatic hydroxyl groups excluding tert-OH is 1. The topological polar surface area (TPSA) is 60.8 Å². The van der Waals surface area contributed by atoms with Crippen LogP contribution in [0.15, 0.2) is 0 Å². The molecular weight excluding hydrogens is 203 g/mol. The van der Waals surface area contributed by atoms with Crippen LogP contribution in [0.1, 0.15) is 6.42 Å². The minimum absolute atomic E-state index is 0.355. The molecule has 0 aromatic heterocycles. The van der Waals surface area contributed by atoms with E-state index in [1.165, 1.54) is 0 Å². The maximum atomic E-state index is 12.2. The molecule has 0 aromatic carbocycles. The molecule has 1 aliphatic rings. The molecule has 0 spiro atoms. The molecule has 0 bridgehead atoms. The van der Waals surface area contributed by atoms with Gasteiger partial charge in [-0.2, -0.15) is 13.2 Å². The van der Waals surface area contributed by atoms with Crippen LogP contribution in [0, 0.1) is 5.92 Å². The third-order valence-electron chi connectivity index (χ3n) is 2.33. The third kappa shape index (κ3) is 2.09. The fourth-order valence-electron chi connectivity index (χ4n) is 1.56. The van der Waals surface area contributed by atoms with E-state index in [-0.39, 0.29) is 6.42 Å². The highest BCUT2D eigenvalue weighted by Gasteiger charge is 2.48. The summed E-state index contributed by atoms with van der Waals surface area (Å²) in [7, 11) is 0. The van der Waals surface area contributed by atoms with Gasteiger partial charge in [0, 0.05) is 6.54 Å². The van der Waals surface area contributed by atoms with Gasteiger partial charge < -0.3 is 15.1 Å². The molecule has 1 rings (SSSR count). The second-order valence-corrected chi connectivity index (χ2v) is 3.25. The normalized spacial score (nSPS) is 28.1. The van der Waals surface area contributed by atoms with Crippen molar-refractivity contribution in [1.82, 2.24) is 4.90 Å². The number of carbonyl (C=O) groups is 1. The van der Waals surface area contributed by atoms with Crippen molar-refractivity contribution in [3.63, 3.8) is 0 Å². The summed E-state index contributed by atoms with van der Waals surface area (Å²) in [6.45, 7) is -1.15. The summed E-state index contributed by atoms with van der Waals surface area (Å²) in [5.74, 6) is -1.66. The molecular formula is C7H10F3NO3. The molecule has 0 aromatic rings. The van der Waals surface area contributed by atoms with Crippen LogP contribution in [0.5, 0.6) is 0 Å². The zero-order valence-corrected chi connectivity index (χ0v) is 7.16. The maximum absolute atomic E-state index is 12.2. The number of hydrogen-bond donors (Lipinski definition) is 2. The lowest BCUT2D eigenvalue weighted by molar-refractivity contribution is -0.170. The standard InChI is InChI=1S/C7H10F3NO3/c8-7(9,10)4-1-5(3-12)11(2-4)6(13)14/h4-5,12H,1-3H2,(H,13,14)/t4-,5+/m1/s1. The zero-order valence-electron chi connectivity index (χ0n) is 7.16. The van der Waals surface area contributed by atoms with Crippen LogP contribution in [-0.4, -0.2) is 46.6 Å². The van der Waals surface area contributed by atoms with Crippen molar-refractivity contribution >= 4 is 6.09 Å². The van der Waals surface area contributed by atoms with Crippen molar-refractivity contribution in [2.45, 2.75) is 18.6 Å². The van der Waals surface area contributed by atoms with Crippen LogP contribution in [0.3, 0.4) is 0 Å². The molecule has 1 amide bonds. The summed E-state index contributed by atoms with van der Waals surface area (Å²) in [4.78, 5) is 11.1. The van der Waals surface area contributed by atoms with E-state index >= 15 is 0 Å². The van der Waals surface area contributed by atoms with Crippen molar-refractivity contribution in [2.75, 3.05) is 13.2 Å². The molecule has 0 unspecified atom stereocenters. The second kappa shape index (κ2) is 3.64. The Morgan fingerprint density at radius 2 is 2.07 bits per heavy atom. The van der Waals surface area contributed by atoms with Crippen molar-refractivity contribution in [3.05, 3.63) is 0 Å². The Morgan fingerprint density at radius 3 is 2.36 bits per heavy atom. The number of aliphatic hydroxyl groups is 1. The summed E-state index contributed by atoms with van der Waals surface area (Å²) < 4.78 is 36.6. The summed E-state index contributed by atoms with van der Waals surface area (Å²) in [6.07, 6.45) is -6.17. The van der Waals surface area contributed by atoms with E-state index < -0.39 is 37.4 Å². The SMILES string of the molecule is O=C(O)N1C[C@H](C(F)(F)F)C[C@H]1CO. The van der Waals surface area contributed by atoms with E-state index in [0.29, 0.717) is 4.90 Å². The monoisotopic (exact) mass is 213 g/mol.